The van der Waals surface area contributed by atoms with Crippen molar-refractivity contribution >= 4 is 33.2 Å². The van der Waals surface area contributed by atoms with Gasteiger partial charge in [-0.15, -0.1) is 0 Å². The van der Waals surface area contributed by atoms with Crippen LogP contribution in [0.15, 0.2) is 83.8 Å². The first-order chi connectivity index (χ1) is 13.8. The summed E-state index contributed by atoms with van der Waals surface area (Å²) in [7, 11) is -2.26. The Morgan fingerprint density at radius 3 is 2.07 bits per heavy atom. The van der Waals surface area contributed by atoms with Gasteiger partial charge in [-0.3, -0.25) is 13.9 Å². The molecule has 3 aromatic rings. The van der Waals surface area contributed by atoms with E-state index in [0.29, 0.717) is 16.9 Å². The van der Waals surface area contributed by atoms with Gasteiger partial charge in [-0.2, -0.15) is 0 Å². The fourth-order valence-electron chi connectivity index (χ4n) is 2.71. The summed E-state index contributed by atoms with van der Waals surface area (Å²) in [6.45, 7) is 0. The Balaban J connectivity index is 1.80. The van der Waals surface area contributed by atoms with Crippen LogP contribution in [0.2, 0.25) is 0 Å². The molecule has 0 aliphatic carbocycles. The molecule has 0 radical (unpaired) electrons. The highest BCUT2D eigenvalue weighted by Gasteiger charge is 2.21. The van der Waals surface area contributed by atoms with Gasteiger partial charge >= 0.3 is 0 Å². The molecule has 0 saturated carbocycles. The number of anilines is 2. The van der Waals surface area contributed by atoms with Gasteiger partial charge in [-0.25, -0.2) is 8.42 Å². The molecule has 3 N–H and O–H groups in total. The molecule has 8 heteroatoms. The first kappa shape index (κ1) is 20.1. The normalized spacial score (nSPS) is 10.9. The zero-order valence-electron chi connectivity index (χ0n) is 15.6. The predicted molar refractivity (Wildman–Crippen MR) is 111 cm³/mol. The molecule has 3 rings (SSSR count). The standard InChI is InChI=1S/C21H19N3O4S/c1-24(29(27,28)17-7-3-2-4-8-17)16-13-11-15(12-14-16)21(26)23-19-10-6-5-9-18(19)20(22)25/h2-14H,1H3,(H2,22,25)(H,23,26). The van der Waals surface area contributed by atoms with Crippen LogP contribution in [0.25, 0.3) is 0 Å². The zero-order chi connectivity index (χ0) is 21.0. The molecule has 0 bridgehead atoms. The number of carbonyl (C=O) groups excluding carboxylic acids is 2. The lowest BCUT2D eigenvalue weighted by Gasteiger charge is -2.19. The largest absolute Gasteiger partial charge is 0.366 e. The highest BCUT2D eigenvalue weighted by atomic mass is 32.2. The van der Waals surface area contributed by atoms with Crippen molar-refractivity contribution in [3.63, 3.8) is 0 Å². The molecule has 0 saturated heterocycles. The average molecular weight is 409 g/mol. The fourth-order valence-corrected chi connectivity index (χ4v) is 3.93. The van der Waals surface area contributed by atoms with E-state index in [0.717, 1.165) is 4.31 Å². The molecule has 0 fully saturated rings. The number of hydrogen-bond acceptors (Lipinski definition) is 4. The molecule has 0 atom stereocenters. The summed E-state index contributed by atoms with van der Waals surface area (Å²) in [5.41, 5.74) is 6.53. The van der Waals surface area contributed by atoms with E-state index in [-0.39, 0.29) is 10.5 Å². The molecule has 0 aromatic heterocycles. The second-order valence-electron chi connectivity index (χ2n) is 6.20. The van der Waals surface area contributed by atoms with Crippen LogP contribution in [0, 0.1) is 0 Å². The Morgan fingerprint density at radius 1 is 0.862 bits per heavy atom. The number of nitrogens with zero attached hydrogens (tertiary/aromatic N) is 1. The van der Waals surface area contributed by atoms with Gasteiger partial charge in [0.15, 0.2) is 0 Å². The van der Waals surface area contributed by atoms with Crippen LogP contribution in [-0.2, 0) is 10.0 Å². The van der Waals surface area contributed by atoms with Crippen LogP contribution < -0.4 is 15.4 Å². The molecular formula is C21H19N3O4S. The fraction of sp³-hybridized carbons (Fsp3) is 0.0476. The monoisotopic (exact) mass is 409 g/mol. The number of benzene rings is 3. The maximum Gasteiger partial charge on any atom is 0.264 e. The molecule has 0 aliphatic heterocycles. The van der Waals surface area contributed by atoms with Gasteiger partial charge in [0.1, 0.15) is 0 Å². The summed E-state index contributed by atoms with van der Waals surface area (Å²) in [5, 5.41) is 2.64. The minimum Gasteiger partial charge on any atom is -0.366 e. The van der Waals surface area contributed by atoms with Gasteiger partial charge in [-0.05, 0) is 48.5 Å². The number of para-hydroxylation sites is 1. The van der Waals surface area contributed by atoms with E-state index < -0.39 is 21.8 Å². The first-order valence-corrected chi connectivity index (χ1v) is 10.1. The Bertz CT molecular complexity index is 1140. The molecule has 0 unspecified atom stereocenters. The lowest BCUT2D eigenvalue weighted by Crippen LogP contribution is -2.26. The maximum atomic E-state index is 12.7. The second kappa shape index (κ2) is 8.15. The van der Waals surface area contributed by atoms with Crippen LogP contribution in [0.1, 0.15) is 20.7 Å². The minimum atomic E-state index is -3.71. The Labute approximate surface area is 168 Å². The van der Waals surface area contributed by atoms with Gasteiger partial charge in [0.25, 0.3) is 21.8 Å². The summed E-state index contributed by atoms with van der Waals surface area (Å²) in [6.07, 6.45) is 0. The number of carbonyl (C=O) groups is 2. The number of sulfonamides is 1. The topological polar surface area (TPSA) is 110 Å². The SMILES string of the molecule is CN(c1ccc(C(=O)Nc2ccccc2C(N)=O)cc1)S(=O)(=O)c1ccccc1. The van der Waals surface area contributed by atoms with Crippen molar-refractivity contribution in [2.24, 2.45) is 5.73 Å². The van der Waals surface area contributed by atoms with Crippen molar-refractivity contribution < 1.29 is 18.0 Å². The van der Waals surface area contributed by atoms with Crippen molar-refractivity contribution in [2.75, 3.05) is 16.7 Å². The molecule has 29 heavy (non-hydrogen) atoms. The smallest absolute Gasteiger partial charge is 0.264 e. The number of rotatable bonds is 6. The minimum absolute atomic E-state index is 0.173. The van der Waals surface area contributed by atoms with E-state index in [9.17, 15) is 18.0 Å². The predicted octanol–water partition coefficient (Wildman–Crippen LogP) is 2.86. The quantitative estimate of drug-likeness (QED) is 0.652. The van der Waals surface area contributed by atoms with Crippen molar-refractivity contribution in [3.05, 3.63) is 90.0 Å². The number of amides is 2. The highest BCUT2D eigenvalue weighted by Crippen LogP contribution is 2.23. The summed E-state index contributed by atoms with van der Waals surface area (Å²) in [4.78, 5) is 24.1. The highest BCUT2D eigenvalue weighted by molar-refractivity contribution is 7.92. The molecule has 2 amide bonds. The number of nitrogens with one attached hydrogen (secondary N) is 1. The lowest BCUT2D eigenvalue weighted by atomic mass is 10.1. The lowest BCUT2D eigenvalue weighted by molar-refractivity contribution is 0.100. The molecule has 0 heterocycles. The van der Waals surface area contributed by atoms with Crippen LogP contribution in [0.4, 0.5) is 11.4 Å². The molecule has 7 nitrogen and oxygen atoms in total. The number of nitrogens with two attached hydrogens (primary N) is 1. The van der Waals surface area contributed by atoms with E-state index in [2.05, 4.69) is 5.32 Å². The summed E-state index contributed by atoms with van der Waals surface area (Å²) >= 11 is 0. The third-order valence-corrected chi connectivity index (χ3v) is 6.14. The Morgan fingerprint density at radius 2 is 1.45 bits per heavy atom. The van der Waals surface area contributed by atoms with Crippen molar-refractivity contribution in [3.8, 4) is 0 Å². The van der Waals surface area contributed by atoms with Gasteiger partial charge in [0.05, 0.1) is 21.8 Å². The summed E-state index contributed by atoms with van der Waals surface area (Å²) in [6, 6.07) is 20.6. The van der Waals surface area contributed by atoms with Crippen LogP contribution >= 0.6 is 0 Å². The number of primary amides is 1. The van der Waals surface area contributed by atoms with E-state index in [1.54, 1.807) is 36.4 Å². The van der Waals surface area contributed by atoms with Gasteiger partial charge < -0.3 is 11.1 Å². The first-order valence-electron chi connectivity index (χ1n) is 8.65. The Hall–Kier alpha value is -3.65. The molecule has 0 spiro atoms. The third kappa shape index (κ3) is 4.27. The van der Waals surface area contributed by atoms with Crippen LogP contribution in [0.3, 0.4) is 0 Å². The van der Waals surface area contributed by atoms with Gasteiger partial charge in [0, 0.05) is 12.6 Å². The van der Waals surface area contributed by atoms with Crippen molar-refractivity contribution in [1.82, 2.24) is 0 Å². The number of hydrogen-bond donors (Lipinski definition) is 2. The molecule has 3 aromatic carbocycles. The maximum absolute atomic E-state index is 12.7. The van der Waals surface area contributed by atoms with Gasteiger partial charge in [-0.1, -0.05) is 30.3 Å². The molecule has 148 valence electrons. The Kier molecular flexibility index (Phi) is 5.65. The third-order valence-electron chi connectivity index (χ3n) is 4.34. The summed E-state index contributed by atoms with van der Waals surface area (Å²) < 4.78 is 26.5. The van der Waals surface area contributed by atoms with Crippen LogP contribution in [0.5, 0.6) is 0 Å². The van der Waals surface area contributed by atoms with Crippen LogP contribution in [-0.4, -0.2) is 27.3 Å². The molecular weight excluding hydrogens is 390 g/mol. The van der Waals surface area contributed by atoms with E-state index in [4.69, 9.17) is 5.73 Å². The second-order valence-corrected chi connectivity index (χ2v) is 8.17. The zero-order valence-corrected chi connectivity index (χ0v) is 16.4. The van der Waals surface area contributed by atoms with E-state index >= 15 is 0 Å². The van der Waals surface area contributed by atoms with E-state index in [1.807, 2.05) is 0 Å². The average Bonchev–Trinajstić information content (AvgIpc) is 2.74. The van der Waals surface area contributed by atoms with E-state index in [1.165, 1.54) is 49.5 Å². The van der Waals surface area contributed by atoms with Crippen molar-refractivity contribution in [1.29, 1.82) is 0 Å². The van der Waals surface area contributed by atoms with Gasteiger partial charge in [0.2, 0.25) is 0 Å². The summed E-state index contributed by atoms with van der Waals surface area (Å²) in [5.74, 6) is -1.09. The molecule has 0 aliphatic rings. The van der Waals surface area contributed by atoms with Crippen molar-refractivity contribution in [2.45, 2.75) is 4.90 Å².